The highest BCUT2D eigenvalue weighted by molar-refractivity contribution is 14.1. The van der Waals surface area contributed by atoms with Gasteiger partial charge in [-0.15, -0.1) is 0 Å². The van der Waals surface area contributed by atoms with E-state index in [0.717, 1.165) is 43.3 Å². The number of carbonyl (C=O) groups is 1. The zero-order valence-corrected chi connectivity index (χ0v) is 13.5. The summed E-state index contributed by atoms with van der Waals surface area (Å²) in [5.41, 5.74) is -0.417. The molecule has 3 saturated heterocycles. The summed E-state index contributed by atoms with van der Waals surface area (Å²) in [5.74, 6) is 0.412. The Hall–Kier alpha value is 0.120. The Labute approximate surface area is 127 Å². The largest absolute Gasteiger partial charge is 0.465 e. The third-order valence-electron chi connectivity index (χ3n) is 4.82. The summed E-state index contributed by atoms with van der Waals surface area (Å²) in [7, 11) is 0. The van der Waals surface area contributed by atoms with Crippen molar-refractivity contribution in [3.63, 3.8) is 0 Å². The lowest BCUT2D eigenvalue weighted by Gasteiger charge is -2.43. The molecule has 4 fully saturated rings. The molecule has 3 aliphatic heterocycles. The number of hydrogen-bond donors (Lipinski definition) is 0. The summed E-state index contributed by atoms with van der Waals surface area (Å²) in [4.78, 5) is 12.4. The Morgan fingerprint density at radius 3 is 2.63 bits per heavy atom. The van der Waals surface area contributed by atoms with Crippen molar-refractivity contribution < 1.29 is 19.0 Å². The van der Waals surface area contributed by atoms with Gasteiger partial charge in [0.1, 0.15) is 0 Å². The predicted octanol–water partition coefficient (Wildman–Crippen LogP) is 2.33. The van der Waals surface area contributed by atoms with E-state index in [-0.39, 0.29) is 23.1 Å². The van der Waals surface area contributed by atoms with Crippen LogP contribution in [0.5, 0.6) is 0 Å². The highest BCUT2D eigenvalue weighted by Gasteiger charge is 2.72. The molecule has 19 heavy (non-hydrogen) atoms. The van der Waals surface area contributed by atoms with Crippen LogP contribution in [0.4, 0.5) is 0 Å². The third kappa shape index (κ3) is 2.12. The van der Waals surface area contributed by atoms with Gasteiger partial charge in [0.2, 0.25) is 0 Å². The smallest absolute Gasteiger partial charge is 0.314 e. The van der Waals surface area contributed by atoms with Crippen LogP contribution in [0.15, 0.2) is 0 Å². The van der Waals surface area contributed by atoms with Gasteiger partial charge in [0.05, 0.1) is 23.7 Å². The van der Waals surface area contributed by atoms with Gasteiger partial charge < -0.3 is 14.2 Å². The first-order valence-electron chi connectivity index (χ1n) is 7.14. The van der Waals surface area contributed by atoms with Crippen LogP contribution in [0.1, 0.15) is 32.6 Å². The van der Waals surface area contributed by atoms with Crippen LogP contribution in [0.25, 0.3) is 0 Å². The second-order valence-electron chi connectivity index (χ2n) is 6.04. The van der Waals surface area contributed by atoms with Crippen molar-refractivity contribution in [1.82, 2.24) is 0 Å². The molecule has 0 aromatic carbocycles. The second-order valence-corrected chi connectivity index (χ2v) is 6.80. The molecule has 1 atom stereocenters. The lowest BCUT2D eigenvalue weighted by molar-refractivity contribution is -0.162. The van der Waals surface area contributed by atoms with Crippen molar-refractivity contribution in [2.75, 3.05) is 24.2 Å². The minimum absolute atomic E-state index is 0.0375. The molecule has 1 aliphatic carbocycles. The van der Waals surface area contributed by atoms with E-state index in [0.29, 0.717) is 12.5 Å². The summed E-state index contributed by atoms with van der Waals surface area (Å²) in [6, 6.07) is 0. The van der Waals surface area contributed by atoms with Crippen LogP contribution in [-0.4, -0.2) is 41.9 Å². The maximum atomic E-state index is 12.4. The lowest BCUT2D eigenvalue weighted by Crippen LogP contribution is -2.53. The SMILES string of the molecule is CCOC(=O)C12CC(CI)(C1)OC2C1CCOCC1. The van der Waals surface area contributed by atoms with Crippen LogP contribution >= 0.6 is 22.6 Å². The number of hydrogen-bond acceptors (Lipinski definition) is 4. The summed E-state index contributed by atoms with van der Waals surface area (Å²) < 4.78 is 18.0. The molecular weight excluding hydrogens is 359 g/mol. The zero-order valence-electron chi connectivity index (χ0n) is 11.3. The Bertz CT molecular complexity index is 358. The summed E-state index contributed by atoms with van der Waals surface area (Å²) in [5, 5.41) is 0. The fourth-order valence-electron chi connectivity index (χ4n) is 3.99. The molecular formula is C14H21IO4. The summed E-state index contributed by atoms with van der Waals surface area (Å²) in [6.07, 6.45) is 3.75. The molecule has 0 amide bonds. The number of halogens is 1. The van der Waals surface area contributed by atoms with E-state index in [4.69, 9.17) is 14.2 Å². The van der Waals surface area contributed by atoms with E-state index >= 15 is 0 Å². The van der Waals surface area contributed by atoms with Gasteiger partial charge in [0.25, 0.3) is 0 Å². The number of ether oxygens (including phenoxy) is 3. The van der Waals surface area contributed by atoms with Gasteiger partial charge in [0, 0.05) is 17.6 Å². The maximum absolute atomic E-state index is 12.4. The van der Waals surface area contributed by atoms with Crippen LogP contribution in [-0.2, 0) is 19.0 Å². The molecule has 4 nitrogen and oxygen atoms in total. The number of carbonyl (C=O) groups excluding carboxylic acids is 1. The van der Waals surface area contributed by atoms with Crippen LogP contribution in [0.3, 0.4) is 0 Å². The normalized spacial score (nSPS) is 41.9. The third-order valence-corrected chi connectivity index (χ3v) is 6.21. The van der Waals surface area contributed by atoms with Crippen molar-refractivity contribution in [1.29, 1.82) is 0 Å². The number of esters is 1. The van der Waals surface area contributed by atoms with E-state index in [9.17, 15) is 4.79 Å². The van der Waals surface area contributed by atoms with Gasteiger partial charge in [-0.1, -0.05) is 22.6 Å². The van der Waals surface area contributed by atoms with E-state index in [1.165, 1.54) is 0 Å². The standard InChI is InChI=1S/C14H21IO4/c1-2-18-12(16)14-7-13(8-14,9-15)19-11(14)10-3-5-17-6-4-10/h10-11H,2-9H2,1H3. The molecule has 2 bridgehead atoms. The number of alkyl halides is 1. The summed E-state index contributed by atoms with van der Waals surface area (Å²) >= 11 is 2.37. The molecule has 0 aromatic heterocycles. The van der Waals surface area contributed by atoms with Crippen LogP contribution < -0.4 is 0 Å². The monoisotopic (exact) mass is 380 g/mol. The molecule has 0 aromatic rings. The van der Waals surface area contributed by atoms with E-state index in [2.05, 4.69) is 22.6 Å². The number of fused-ring (bicyclic) bond motifs is 1. The van der Waals surface area contributed by atoms with Crippen molar-refractivity contribution in [3.05, 3.63) is 0 Å². The molecule has 0 spiro atoms. The van der Waals surface area contributed by atoms with Gasteiger partial charge in [-0.05, 0) is 38.5 Å². The Balaban J connectivity index is 1.79. The van der Waals surface area contributed by atoms with E-state index in [1.54, 1.807) is 0 Å². The average molecular weight is 380 g/mol. The Morgan fingerprint density at radius 1 is 1.37 bits per heavy atom. The topological polar surface area (TPSA) is 44.8 Å². The van der Waals surface area contributed by atoms with Gasteiger partial charge in [-0.3, -0.25) is 4.79 Å². The highest BCUT2D eigenvalue weighted by Crippen LogP contribution is 2.65. The minimum atomic E-state index is -0.358. The lowest BCUT2D eigenvalue weighted by atomic mass is 9.58. The summed E-state index contributed by atoms with van der Waals surface area (Å²) in [6.45, 7) is 3.91. The molecule has 0 N–H and O–H groups in total. The first-order chi connectivity index (χ1) is 9.16. The maximum Gasteiger partial charge on any atom is 0.314 e. The van der Waals surface area contributed by atoms with E-state index < -0.39 is 0 Å². The van der Waals surface area contributed by atoms with Crippen molar-refractivity contribution in [3.8, 4) is 0 Å². The van der Waals surface area contributed by atoms with Crippen molar-refractivity contribution in [2.24, 2.45) is 11.3 Å². The van der Waals surface area contributed by atoms with E-state index in [1.807, 2.05) is 6.92 Å². The fourth-order valence-corrected chi connectivity index (χ4v) is 4.71. The van der Waals surface area contributed by atoms with Crippen molar-refractivity contribution >= 4 is 28.6 Å². The second kappa shape index (κ2) is 5.15. The first kappa shape index (κ1) is 14.1. The molecule has 1 unspecified atom stereocenters. The van der Waals surface area contributed by atoms with Crippen LogP contribution in [0.2, 0.25) is 0 Å². The molecule has 0 radical (unpaired) electrons. The van der Waals surface area contributed by atoms with Gasteiger partial charge >= 0.3 is 5.97 Å². The molecule has 4 aliphatic rings. The quantitative estimate of drug-likeness (QED) is 0.427. The fraction of sp³-hybridized carbons (Fsp3) is 0.929. The van der Waals surface area contributed by atoms with Gasteiger partial charge in [0.15, 0.2) is 0 Å². The average Bonchev–Trinajstić information content (AvgIpc) is 2.91. The molecule has 3 heterocycles. The molecule has 1 saturated carbocycles. The molecule has 4 rings (SSSR count). The Morgan fingerprint density at radius 2 is 2.05 bits per heavy atom. The predicted molar refractivity (Wildman–Crippen MR) is 78.3 cm³/mol. The zero-order chi connectivity index (χ0) is 13.5. The van der Waals surface area contributed by atoms with Gasteiger partial charge in [-0.2, -0.15) is 0 Å². The minimum Gasteiger partial charge on any atom is -0.465 e. The molecule has 108 valence electrons. The molecule has 5 heteroatoms. The Kier molecular flexibility index (Phi) is 3.81. The van der Waals surface area contributed by atoms with Gasteiger partial charge in [-0.25, -0.2) is 0 Å². The van der Waals surface area contributed by atoms with Crippen LogP contribution in [0, 0.1) is 11.3 Å². The highest BCUT2D eigenvalue weighted by atomic mass is 127. The van der Waals surface area contributed by atoms with Crippen molar-refractivity contribution in [2.45, 2.75) is 44.3 Å². The number of rotatable bonds is 4. The first-order valence-corrected chi connectivity index (χ1v) is 8.67.